The van der Waals surface area contributed by atoms with Gasteiger partial charge in [0.2, 0.25) is 0 Å². The summed E-state index contributed by atoms with van der Waals surface area (Å²) in [5.74, 6) is 2.68. The molecule has 0 unspecified atom stereocenters. The average Bonchev–Trinajstić information content (AvgIpc) is 3.22. The lowest BCUT2D eigenvalue weighted by Crippen LogP contribution is -2.27. The second kappa shape index (κ2) is 5.54. The molecule has 3 rings (SSSR count). The van der Waals surface area contributed by atoms with Crippen LogP contribution in [0.4, 0.5) is 0 Å². The topological polar surface area (TPSA) is 21.3 Å². The average molecular weight is 259 g/mol. The van der Waals surface area contributed by atoms with Crippen LogP contribution in [0.15, 0.2) is 12.1 Å². The second-order valence-electron chi connectivity index (χ2n) is 6.28. The summed E-state index contributed by atoms with van der Waals surface area (Å²) < 4.78 is 6.18. The molecule has 0 bridgehead atoms. The summed E-state index contributed by atoms with van der Waals surface area (Å²) in [5.41, 5.74) is 4.14. The van der Waals surface area contributed by atoms with Crippen LogP contribution >= 0.6 is 0 Å². The highest BCUT2D eigenvalue weighted by Gasteiger charge is 2.25. The number of aryl methyl sites for hydroxylation is 2. The Morgan fingerprint density at radius 3 is 2.53 bits per heavy atom. The highest BCUT2D eigenvalue weighted by Crippen LogP contribution is 2.37. The van der Waals surface area contributed by atoms with E-state index in [0.29, 0.717) is 5.92 Å². The largest absolute Gasteiger partial charge is 0.493 e. The molecular formula is C17H25NO. The van der Waals surface area contributed by atoms with Crippen LogP contribution in [0.25, 0.3) is 0 Å². The molecular weight excluding hydrogens is 234 g/mol. The molecule has 1 aliphatic heterocycles. The van der Waals surface area contributed by atoms with E-state index in [1.165, 1.54) is 48.1 Å². The molecule has 0 atom stereocenters. The predicted molar refractivity (Wildman–Crippen MR) is 79.0 cm³/mol. The van der Waals surface area contributed by atoms with E-state index in [0.717, 1.165) is 25.6 Å². The molecule has 0 radical (unpaired) electrons. The summed E-state index contributed by atoms with van der Waals surface area (Å²) in [7, 11) is 0. The van der Waals surface area contributed by atoms with E-state index in [1.807, 2.05) is 0 Å². The van der Waals surface area contributed by atoms with E-state index in [2.05, 4.69) is 31.3 Å². The summed E-state index contributed by atoms with van der Waals surface area (Å²) in [6.07, 6.45) is 5.19. The molecule has 1 aromatic rings. The lowest BCUT2D eigenvalue weighted by Gasteiger charge is -2.26. The fourth-order valence-corrected chi connectivity index (χ4v) is 3.11. The van der Waals surface area contributed by atoms with Gasteiger partial charge in [-0.2, -0.15) is 0 Å². The zero-order chi connectivity index (χ0) is 13.2. The van der Waals surface area contributed by atoms with Gasteiger partial charge in [0, 0.05) is 0 Å². The maximum atomic E-state index is 6.18. The van der Waals surface area contributed by atoms with Crippen molar-refractivity contribution in [2.45, 2.75) is 45.4 Å². The van der Waals surface area contributed by atoms with Gasteiger partial charge in [-0.3, -0.25) is 0 Å². The van der Waals surface area contributed by atoms with E-state index in [1.54, 1.807) is 0 Å². The number of rotatable bonds is 4. The Kier molecular flexibility index (Phi) is 3.79. The Labute approximate surface area is 116 Å². The number of ether oxygens (including phenoxy) is 1. The van der Waals surface area contributed by atoms with Crippen molar-refractivity contribution in [3.8, 4) is 5.75 Å². The monoisotopic (exact) mass is 259 g/mol. The van der Waals surface area contributed by atoms with Crippen LogP contribution in [0.1, 0.15) is 48.3 Å². The van der Waals surface area contributed by atoms with Crippen molar-refractivity contribution in [1.29, 1.82) is 0 Å². The van der Waals surface area contributed by atoms with Crippen LogP contribution in [0, 0.1) is 19.8 Å². The Morgan fingerprint density at radius 1 is 1.11 bits per heavy atom. The van der Waals surface area contributed by atoms with Gasteiger partial charge < -0.3 is 10.1 Å². The SMILES string of the molecule is Cc1cc(C)c(OCC2CC2)c(C2CCNCC2)c1. The van der Waals surface area contributed by atoms with Gasteiger partial charge in [0.1, 0.15) is 5.75 Å². The van der Waals surface area contributed by atoms with Crippen molar-refractivity contribution >= 4 is 0 Å². The zero-order valence-electron chi connectivity index (χ0n) is 12.2. The minimum Gasteiger partial charge on any atom is -0.493 e. The first kappa shape index (κ1) is 13.0. The van der Waals surface area contributed by atoms with Crippen molar-refractivity contribution in [3.63, 3.8) is 0 Å². The number of nitrogens with one attached hydrogen (secondary N) is 1. The van der Waals surface area contributed by atoms with E-state index in [4.69, 9.17) is 4.74 Å². The lowest BCUT2D eigenvalue weighted by molar-refractivity contribution is 0.290. The van der Waals surface area contributed by atoms with Crippen LogP contribution in [0.2, 0.25) is 0 Å². The fraction of sp³-hybridized carbons (Fsp3) is 0.647. The van der Waals surface area contributed by atoms with Gasteiger partial charge >= 0.3 is 0 Å². The lowest BCUT2D eigenvalue weighted by atomic mass is 9.87. The van der Waals surface area contributed by atoms with E-state index in [9.17, 15) is 0 Å². The van der Waals surface area contributed by atoms with Gasteiger partial charge in [-0.05, 0) is 75.6 Å². The molecule has 1 aromatic carbocycles. The van der Waals surface area contributed by atoms with E-state index < -0.39 is 0 Å². The van der Waals surface area contributed by atoms with Gasteiger partial charge in [0.15, 0.2) is 0 Å². The molecule has 1 saturated carbocycles. The van der Waals surface area contributed by atoms with E-state index >= 15 is 0 Å². The van der Waals surface area contributed by atoms with Crippen LogP contribution < -0.4 is 10.1 Å². The smallest absolute Gasteiger partial charge is 0.125 e. The second-order valence-corrected chi connectivity index (χ2v) is 6.28. The summed E-state index contributed by atoms with van der Waals surface area (Å²) in [4.78, 5) is 0. The minimum absolute atomic E-state index is 0.675. The quantitative estimate of drug-likeness (QED) is 0.892. The van der Waals surface area contributed by atoms with Crippen molar-refractivity contribution in [2.24, 2.45) is 5.92 Å². The summed E-state index contributed by atoms with van der Waals surface area (Å²) in [6, 6.07) is 4.61. The van der Waals surface area contributed by atoms with Crippen LogP contribution in [0.5, 0.6) is 5.75 Å². The maximum absolute atomic E-state index is 6.18. The van der Waals surface area contributed by atoms with Crippen molar-refractivity contribution in [2.75, 3.05) is 19.7 Å². The van der Waals surface area contributed by atoms with E-state index in [-0.39, 0.29) is 0 Å². The molecule has 1 saturated heterocycles. The zero-order valence-corrected chi connectivity index (χ0v) is 12.2. The first-order chi connectivity index (χ1) is 9.24. The first-order valence-corrected chi connectivity index (χ1v) is 7.68. The van der Waals surface area contributed by atoms with Crippen LogP contribution in [-0.2, 0) is 0 Å². The Bertz CT molecular complexity index is 445. The fourth-order valence-electron chi connectivity index (χ4n) is 3.11. The molecule has 1 aliphatic carbocycles. The molecule has 2 aliphatic rings. The van der Waals surface area contributed by atoms with Gasteiger partial charge in [-0.15, -0.1) is 0 Å². The van der Waals surface area contributed by atoms with Crippen molar-refractivity contribution in [3.05, 3.63) is 28.8 Å². The highest BCUT2D eigenvalue weighted by molar-refractivity contribution is 5.46. The molecule has 19 heavy (non-hydrogen) atoms. The van der Waals surface area contributed by atoms with Gasteiger partial charge in [-0.25, -0.2) is 0 Å². The Balaban J connectivity index is 1.85. The summed E-state index contributed by atoms with van der Waals surface area (Å²) >= 11 is 0. The maximum Gasteiger partial charge on any atom is 0.125 e. The third-order valence-corrected chi connectivity index (χ3v) is 4.39. The molecule has 104 valence electrons. The van der Waals surface area contributed by atoms with Crippen molar-refractivity contribution < 1.29 is 4.74 Å². The third-order valence-electron chi connectivity index (χ3n) is 4.39. The molecule has 0 amide bonds. The van der Waals surface area contributed by atoms with Gasteiger partial charge in [0.25, 0.3) is 0 Å². The molecule has 1 heterocycles. The summed E-state index contributed by atoms with van der Waals surface area (Å²) in [5, 5.41) is 3.45. The standard InChI is InChI=1S/C17H25NO/c1-12-9-13(2)17(19-11-14-3-4-14)16(10-12)15-5-7-18-8-6-15/h9-10,14-15,18H,3-8,11H2,1-2H3. The molecule has 2 fully saturated rings. The predicted octanol–water partition coefficient (Wildman–Crippen LogP) is 3.56. The number of benzene rings is 1. The molecule has 0 spiro atoms. The Morgan fingerprint density at radius 2 is 1.84 bits per heavy atom. The highest BCUT2D eigenvalue weighted by atomic mass is 16.5. The number of hydrogen-bond donors (Lipinski definition) is 1. The van der Waals surface area contributed by atoms with Crippen LogP contribution in [0.3, 0.4) is 0 Å². The molecule has 2 nitrogen and oxygen atoms in total. The summed E-state index contributed by atoms with van der Waals surface area (Å²) in [6.45, 7) is 7.59. The third kappa shape index (κ3) is 3.11. The van der Waals surface area contributed by atoms with Gasteiger partial charge in [0.05, 0.1) is 6.61 Å². The molecule has 0 aromatic heterocycles. The van der Waals surface area contributed by atoms with Gasteiger partial charge in [-0.1, -0.05) is 17.7 Å². The normalized spacial score (nSPS) is 20.5. The minimum atomic E-state index is 0.675. The number of hydrogen-bond acceptors (Lipinski definition) is 2. The number of piperidine rings is 1. The Hall–Kier alpha value is -1.02. The van der Waals surface area contributed by atoms with Crippen molar-refractivity contribution in [1.82, 2.24) is 5.32 Å². The van der Waals surface area contributed by atoms with Crippen LogP contribution in [-0.4, -0.2) is 19.7 Å². The first-order valence-electron chi connectivity index (χ1n) is 7.68. The molecule has 1 N–H and O–H groups in total. The molecule has 2 heteroatoms.